The number of carbonyl (C=O) groups excluding carboxylic acids is 1. The second-order valence-corrected chi connectivity index (χ2v) is 8.65. The molecule has 3 aromatic carbocycles. The quantitative estimate of drug-likeness (QED) is 0.328. The van der Waals surface area contributed by atoms with E-state index in [1.54, 1.807) is 7.11 Å². The van der Waals surface area contributed by atoms with Gasteiger partial charge in [0.1, 0.15) is 5.75 Å². The molecule has 0 bridgehead atoms. The molecular formula is C26H27N5O2S. The maximum absolute atomic E-state index is 12.4. The summed E-state index contributed by atoms with van der Waals surface area (Å²) in [5.41, 5.74) is 4.17. The first-order valence-corrected chi connectivity index (χ1v) is 11.9. The van der Waals surface area contributed by atoms with Crippen LogP contribution in [0.3, 0.4) is 0 Å². The number of aryl methyl sites for hydroxylation is 1. The minimum atomic E-state index is -0.0579. The lowest BCUT2D eigenvalue weighted by molar-refractivity contribution is -0.118. The van der Waals surface area contributed by atoms with Crippen LogP contribution < -0.4 is 15.4 Å². The molecule has 8 heteroatoms. The highest BCUT2D eigenvalue weighted by Gasteiger charge is 2.16. The molecule has 4 rings (SSSR count). The lowest BCUT2D eigenvalue weighted by Crippen LogP contribution is -2.24. The number of nitrogens with one attached hydrogen (secondary N) is 2. The molecule has 0 spiro atoms. The Balaban J connectivity index is 1.47. The summed E-state index contributed by atoms with van der Waals surface area (Å²) in [6.07, 6.45) is 0. The van der Waals surface area contributed by atoms with Crippen molar-refractivity contribution in [3.05, 3.63) is 95.8 Å². The highest BCUT2D eigenvalue weighted by Crippen LogP contribution is 2.24. The Hall–Kier alpha value is -3.78. The Kier molecular flexibility index (Phi) is 7.83. The highest BCUT2D eigenvalue weighted by atomic mass is 32.2. The molecule has 1 heterocycles. The van der Waals surface area contributed by atoms with E-state index >= 15 is 0 Å². The number of ether oxygens (including phenoxy) is 1. The molecule has 2 N–H and O–H groups in total. The predicted molar refractivity (Wildman–Crippen MR) is 135 cm³/mol. The third-order valence-electron chi connectivity index (χ3n) is 5.20. The molecule has 1 aromatic heterocycles. The molecule has 0 aliphatic carbocycles. The summed E-state index contributed by atoms with van der Waals surface area (Å²) in [6.45, 7) is 3.05. The molecular weight excluding hydrogens is 446 g/mol. The molecule has 1 amide bonds. The summed E-state index contributed by atoms with van der Waals surface area (Å²) < 4.78 is 7.26. The Labute approximate surface area is 203 Å². The van der Waals surface area contributed by atoms with Crippen molar-refractivity contribution in [1.82, 2.24) is 20.1 Å². The summed E-state index contributed by atoms with van der Waals surface area (Å²) in [6, 6.07) is 25.7. The minimum absolute atomic E-state index is 0.0579. The van der Waals surface area contributed by atoms with Crippen molar-refractivity contribution < 1.29 is 9.53 Å². The Morgan fingerprint density at radius 2 is 1.68 bits per heavy atom. The fourth-order valence-corrected chi connectivity index (χ4v) is 4.13. The molecule has 0 aliphatic heterocycles. The summed E-state index contributed by atoms with van der Waals surface area (Å²) in [4.78, 5) is 12.4. The van der Waals surface area contributed by atoms with E-state index in [9.17, 15) is 4.79 Å². The normalized spacial score (nSPS) is 10.6. The van der Waals surface area contributed by atoms with Gasteiger partial charge in [-0.1, -0.05) is 59.8 Å². The van der Waals surface area contributed by atoms with Gasteiger partial charge in [0.2, 0.25) is 5.91 Å². The third-order valence-corrected chi connectivity index (χ3v) is 6.13. The summed E-state index contributed by atoms with van der Waals surface area (Å²) in [7, 11) is 1.64. The number of methoxy groups -OCH3 is 1. The average molecular weight is 474 g/mol. The van der Waals surface area contributed by atoms with Gasteiger partial charge in [-0.15, -0.1) is 10.2 Å². The molecule has 0 unspecified atom stereocenters. The number of aromatic nitrogens is 3. The monoisotopic (exact) mass is 473 g/mol. The van der Waals surface area contributed by atoms with Crippen molar-refractivity contribution >= 4 is 23.4 Å². The first kappa shape index (κ1) is 23.4. The van der Waals surface area contributed by atoms with Crippen LogP contribution in [0.1, 0.15) is 17.0 Å². The SMILES string of the molecule is COc1ccc(-n2c(CNc3ccc(C)cc3)nnc2SCC(=O)NCc2ccccc2)cc1. The number of anilines is 1. The lowest BCUT2D eigenvalue weighted by atomic mass is 10.2. The van der Waals surface area contributed by atoms with E-state index in [-0.39, 0.29) is 11.7 Å². The van der Waals surface area contributed by atoms with Crippen LogP contribution in [0.5, 0.6) is 5.75 Å². The van der Waals surface area contributed by atoms with Crippen LogP contribution >= 0.6 is 11.8 Å². The molecule has 0 saturated carbocycles. The summed E-state index contributed by atoms with van der Waals surface area (Å²) >= 11 is 1.36. The Morgan fingerprint density at radius 1 is 0.941 bits per heavy atom. The zero-order valence-corrected chi connectivity index (χ0v) is 20.0. The first-order valence-electron chi connectivity index (χ1n) is 10.9. The Bertz CT molecular complexity index is 1210. The van der Waals surface area contributed by atoms with Crippen LogP contribution in [0.4, 0.5) is 5.69 Å². The second kappa shape index (κ2) is 11.4. The van der Waals surface area contributed by atoms with Gasteiger partial charge in [0.15, 0.2) is 11.0 Å². The van der Waals surface area contributed by atoms with Crippen LogP contribution in [0, 0.1) is 6.92 Å². The predicted octanol–water partition coefficient (Wildman–Crippen LogP) is 4.60. The number of nitrogens with zero attached hydrogens (tertiary/aromatic N) is 3. The summed E-state index contributed by atoms with van der Waals surface area (Å²) in [5.74, 6) is 1.70. The maximum atomic E-state index is 12.4. The number of benzene rings is 3. The van der Waals surface area contributed by atoms with E-state index < -0.39 is 0 Å². The van der Waals surface area contributed by atoms with Crippen LogP contribution in [-0.4, -0.2) is 33.5 Å². The molecule has 0 fully saturated rings. The molecule has 7 nitrogen and oxygen atoms in total. The molecule has 0 radical (unpaired) electrons. The minimum Gasteiger partial charge on any atom is -0.497 e. The van der Waals surface area contributed by atoms with E-state index in [1.165, 1.54) is 17.3 Å². The molecule has 34 heavy (non-hydrogen) atoms. The number of rotatable bonds is 10. The largest absolute Gasteiger partial charge is 0.497 e. The fraction of sp³-hybridized carbons (Fsp3) is 0.192. The first-order chi connectivity index (χ1) is 16.6. The number of hydrogen-bond donors (Lipinski definition) is 2. The third kappa shape index (κ3) is 6.17. The van der Waals surface area contributed by atoms with E-state index in [4.69, 9.17) is 4.74 Å². The van der Waals surface area contributed by atoms with Gasteiger partial charge < -0.3 is 15.4 Å². The van der Waals surface area contributed by atoms with Crippen LogP contribution in [-0.2, 0) is 17.9 Å². The van der Waals surface area contributed by atoms with Gasteiger partial charge in [-0.05, 0) is 48.9 Å². The molecule has 174 valence electrons. The van der Waals surface area contributed by atoms with Gasteiger partial charge in [-0.25, -0.2) is 0 Å². The van der Waals surface area contributed by atoms with Crippen molar-refractivity contribution in [3.8, 4) is 11.4 Å². The average Bonchev–Trinajstić information content (AvgIpc) is 3.29. The van der Waals surface area contributed by atoms with Crippen LogP contribution in [0.15, 0.2) is 84.0 Å². The van der Waals surface area contributed by atoms with E-state index in [2.05, 4.69) is 39.9 Å². The van der Waals surface area contributed by atoms with Gasteiger partial charge in [0.05, 0.1) is 19.4 Å². The van der Waals surface area contributed by atoms with Crippen LogP contribution in [0.2, 0.25) is 0 Å². The smallest absolute Gasteiger partial charge is 0.230 e. The molecule has 0 atom stereocenters. The standard InChI is InChI=1S/C26H27N5O2S/c1-19-8-10-21(11-9-19)27-17-24-29-30-26(31(24)22-12-14-23(33-2)15-13-22)34-18-25(32)28-16-20-6-4-3-5-7-20/h3-15,27H,16-18H2,1-2H3,(H,28,32). The zero-order valence-electron chi connectivity index (χ0n) is 19.2. The molecule has 0 aliphatic rings. The number of carbonyl (C=O) groups is 1. The van der Waals surface area contributed by atoms with Gasteiger partial charge >= 0.3 is 0 Å². The van der Waals surface area contributed by atoms with E-state index in [1.807, 2.05) is 71.3 Å². The Morgan fingerprint density at radius 3 is 2.38 bits per heavy atom. The van der Waals surface area contributed by atoms with Gasteiger partial charge in [0.25, 0.3) is 0 Å². The number of hydrogen-bond acceptors (Lipinski definition) is 6. The lowest BCUT2D eigenvalue weighted by Gasteiger charge is -2.12. The van der Waals surface area contributed by atoms with E-state index in [0.717, 1.165) is 28.5 Å². The van der Waals surface area contributed by atoms with Gasteiger partial charge in [-0.2, -0.15) is 0 Å². The number of amides is 1. The fourth-order valence-electron chi connectivity index (χ4n) is 3.33. The summed E-state index contributed by atoms with van der Waals surface area (Å²) in [5, 5.41) is 15.8. The molecule has 4 aromatic rings. The van der Waals surface area contributed by atoms with Crippen molar-refractivity contribution in [3.63, 3.8) is 0 Å². The van der Waals surface area contributed by atoms with Gasteiger partial charge in [0, 0.05) is 17.9 Å². The zero-order chi connectivity index (χ0) is 23.8. The van der Waals surface area contributed by atoms with Crippen molar-refractivity contribution in [2.75, 3.05) is 18.2 Å². The van der Waals surface area contributed by atoms with Crippen molar-refractivity contribution in [2.45, 2.75) is 25.2 Å². The van der Waals surface area contributed by atoms with Crippen molar-refractivity contribution in [2.24, 2.45) is 0 Å². The second-order valence-electron chi connectivity index (χ2n) is 7.70. The maximum Gasteiger partial charge on any atom is 0.230 e. The van der Waals surface area contributed by atoms with E-state index in [0.29, 0.717) is 18.2 Å². The number of thioether (sulfide) groups is 1. The topological polar surface area (TPSA) is 81.1 Å². The molecule has 0 saturated heterocycles. The highest BCUT2D eigenvalue weighted by molar-refractivity contribution is 7.99. The van der Waals surface area contributed by atoms with Gasteiger partial charge in [-0.3, -0.25) is 9.36 Å². The van der Waals surface area contributed by atoms with Crippen molar-refractivity contribution in [1.29, 1.82) is 0 Å². The van der Waals surface area contributed by atoms with Crippen LogP contribution in [0.25, 0.3) is 5.69 Å².